The zero-order chi connectivity index (χ0) is 18.7. The highest BCUT2D eigenvalue weighted by atomic mass is 16.4. The number of carboxylic acid groups (broad SMARTS) is 2. The van der Waals surface area contributed by atoms with E-state index in [4.69, 9.17) is 10.2 Å². The number of carbonyl (C=O) groups is 4. The third kappa shape index (κ3) is 9.81. The molecule has 138 valence electrons. The van der Waals surface area contributed by atoms with Crippen LogP contribution in [0.25, 0.3) is 0 Å². The molecule has 8 heteroatoms. The van der Waals surface area contributed by atoms with E-state index in [1.807, 2.05) is 20.8 Å². The first-order valence-electron chi connectivity index (χ1n) is 8.19. The Hall–Kier alpha value is -2.12. The van der Waals surface area contributed by atoms with E-state index in [-0.39, 0.29) is 18.9 Å². The van der Waals surface area contributed by atoms with Gasteiger partial charge in [-0.3, -0.25) is 14.4 Å². The lowest BCUT2D eigenvalue weighted by atomic mass is 9.93. The van der Waals surface area contributed by atoms with Crippen LogP contribution in [0.15, 0.2) is 0 Å². The van der Waals surface area contributed by atoms with Gasteiger partial charge >= 0.3 is 11.9 Å². The molecule has 0 rings (SSSR count). The van der Waals surface area contributed by atoms with Crippen molar-refractivity contribution in [3.8, 4) is 0 Å². The predicted molar refractivity (Wildman–Crippen MR) is 87.3 cm³/mol. The van der Waals surface area contributed by atoms with Crippen LogP contribution >= 0.6 is 0 Å². The minimum Gasteiger partial charge on any atom is -0.481 e. The Labute approximate surface area is 142 Å². The molecule has 0 saturated carbocycles. The Kier molecular flexibility index (Phi) is 10.4. The molecule has 0 aromatic heterocycles. The van der Waals surface area contributed by atoms with Crippen molar-refractivity contribution in [1.82, 2.24) is 10.6 Å². The lowest BCUT2D eigenvalue weighted by Crippen LogP contribution is -2.46. The molecule has 0 aromatic rings. The van der Waals surface area contributed by atoms with Gasteiger partial charge in [-0.05, 0) is 18.8 Å². The molecule has 4 N–H and O–H groups in total. The monoisotopic (exact) mass is 344 g/mol. The van der Waals surface area contributed by atoms with Crippen molar-refractivity contribution in [2.24, 2.45) is 11.8 Å². The van der Waals surface area contributed by atoms with E-state index in [0.29, 0.717) is 19.3 Å². The van der Waals surface area contributed by atoms with Crippen LogP contribution in [0.2, 0.25) is 0 Å². The van der Waals surface area contributed by atoms with Crippen molar-refractivity contribution in [3.63, 3.8) is 0 Å². The molecule has 0 bridgehead atoms. The van der Waals surface area contributed by atoms with Crippen LogP contribution in [0.1, 0.15) is 52.9 Å². The summed E-state index contributed by atoms with van der Waals surface area (Å²) in [6, 6.07) is -0.986. The van der Waals surface area contributed by atoms with Crippen molar-refractivity contribution >= 4 is 23.8 Å². The maximum absolute atomic E-state index is 12.0. The van der Waals surface area contributed by atoms with Crippen molar-refractivity contribution < 1.29 is 29.4 Å². The Morgan fingerprint density at radius 1 is 1.08 bits per heavy atom. The van der Waals surface area contributed by atoms with E-state index in [9.17, 15) is 19.2 Å². The molecule has 0 aromatic carbocycles. The summed E-state index contributed by atoms with van der Waals surface area (Å²) < 4.78 is 0. The Bertz CT molecular complexity index is 450. The lowest BCUT2D eigenvalue weighted by Gasteiger charge is -2.18. The fraction of sp³-hybridized carbons (Fsp3) is 0.750. The third-order valence-electron chi connectivity index (χ3n) is 3.45. The summed E-state index contributed by atoms with van der Waals surface area (Å²) >= 11 is 0. The number of hydrogen-bond donors (Lipinski definition) is 4. The van der Waals surface area contributed by atoms with Crippen LogP contribution in [0, 0.1) is 11.8 Å². The fourth-order valence-corrected chi connectivity index (χ4v) is 2.29. The molecular weight excluding hydrogens is 316 g/mol. The summed E-state index contributed by atoms with van der Waals surface area (Å²) in [5, 5.41) is 22.7. The predicted octanol–water partition coefficient (Wildman–Crippen LogP) is 0.999. The molecule has 24 heavy (non-hydrogen) atoms. The Morgan fingerprint density at radius 2 is 1.71 bits per heavy atom. The lowest BCUT2D eigenvalue weighted by molar-refractivity contribution is -0.143. The van der Waals surface area contributed by atoms with Gasteiger partial charge in [0, 0.05) is 5.92 Å². The highest BCUT2D eigenvalue weighted by Crippen LogP contribution is 2.15. The molecule has 1 unspecified atom stereocenters. The van der Waals surface area contributed by atoms with Gasteiger partial charge in [0.2, 0.25) is 11.8 Å². The number of carboxylic acids is 2. The van der Waals surface area contributed by atoms with Crippen molar-refractivity contribution in [2.75, 3.05) is 6.54 Å². The standard InChI is InChI=1S/C16H28N2O6/c1-4-5-6-12(16(23)24)18-13(19)9-17-15(22)11(7-10(2)3)8-14(20)21/h10-12H,4-9H2,1-3H3,(H,17,22)(H,18,19)(H,20,21)(H,23,24)/t11?,12-/m0/s1. The molecular formula is C16H28N2O6. The average Bonchev–Trinajstić information content (AvgIpc) is 2.47. The summed E-state index contributed by atoms with van der Waals surface area (Å²) in [5.74, 6) is -3.89. The summed E-state index contributed by atoms with van der Waals surface area (Å²) in [6.07, 6.45) is 1.88. The molecule has 0 fully saturated rings. The van der Waals surface area contributed by atoms with Crippen LogP contribution in [-0.2, 0) is 19.2 Å². The molecule has 0 aliphatic heterocycles. The number of hydrogen-bond acceptors (Lipinski definition) is 4. The van der Waals surface area contributed by atoms with Gasteiger partial charge in [-0.2, -0.15) is 0 Å². The maximum atomic E-state index is 12.0. The molecule has 0 saturated heterocycles. The van der Waals surface area contributed by atoms with Gasteiger partial charge in [0.05, 0.1) is 13.0 Å². The Balaban J connectivity index is 4.50. The first kappa shape index (κ1) is 21.9. The van der Waals surface area contributed by atoms with Gasteiger partial charge in [0.25, 0.3) is 0 Å². The molecule has 2 atom stereocenters. The number of rotatable bonds is 12. The number of nitrogens with one attached hydrogen (secondary N) is 2. The van der Waals surface area contributed by atoms with E-state index in [2.05, 4.69) is 10.6 Å². The number of unbranched alkanes of at least 4 members (excludes halogenated alkanes) is 1. The van der Waals surface area contributed by atoms with Crippen LogP contribution in [0.4, 0.5) is 0 Å². The van der Waals surface area contributed by atoms with Gasteiger partial charge in [0.1, 0.15) is 6.04 Å². The first-order valence-corrected chi connectivity index (χ1v) is 8.19. The van der Waals surface area contributed by atoms with Crippen molar-refractivity contribution in [1.29, 1.82) is 0 Å². The maximum Gasteiger partial charge on any atom is 0.326 e. The second-order valence-corrected chi connectivity index (χ2v) is 6.24. The minimum absolute atomic E-state index is 0.138. The largest absolute Gasteiger partial charge is 0.481 e. The van der Waals surface area contributed by atoms with Gasteiger partial charge in [-0.1, -0.05) is 33.6 Å². The zero-order valence-electron chi connectivity index (χ0n) is 14.5. The van der Waals surface area contributed by atoms with Gasteiger partial charge in [0.15, 0.2) is 0 Å². The number of carbonyl (C=O) groups excluding carboxylic acids is 2. The highest BCUT2D eigenvalue weighted by Gasteiger charge is 2.24. The molecule has 0 radical (unpaired) electrons. The van der Waals surface area contributed by atoms with Crippen molar-refractivity contribution in [3.05, 3.63) is 0 Å². The van der Waals surface area contributed by atoms with Crippen LogP contribution in [0.5, 0.6) is 0 Å². The van der Waals surface area contributed by atoms with Gasteiger partial charge < -0.3 is 20.8 Å². The van der Waals surface area contributed by atoms with Gasteiger partial charge in [-0.15, -0.1) is 0 Å². The van der Waals surface area contributed by atoms with Crippen molar-refractivity contribution in [2.45, 2.75) is 58.9 Å². The zero-order valence-corrected chi connectivity index (χ0v) is 14.5. The quantitative estimate of drug-likeness (QED) is 0.417. The molecule has 0 spiro atoms. The fourth-order valence-electron chi connectivity index (χ4n) is 2.29. The summed E-state index contributed by atoms with van der Waals surface area (Å²) in [6.45, 7) is 5.29. The SMILES string of the molecule is CCCC[C@H](NC(=O)CNC(=O)C(CC(=O)O)CC(C)C)C(=O)O. The smallest absolute Gasteiger partial charge is 0.326 e. The highest BCUT2D eigenvalue weighted by molar-refractivity contribution is 5.89. The van der Waals surface area contributed by atoms with Crippen LogP contribution < -0.4 is 10.6 Å². The number of amides is 2. The second kappa shape index (κ2) is 11.4. The summed E-state index contributed by atoms with van der Waals surface area (Å²) in [5.41, 5.74) is 0. The summed E-state index contributed by atoms with van der Waals surface area (Å²) in [4.78, 5) is 45.7. The molecule has 2 amide bonds. The van der Waals surface area contributed by atoms with Gasteiger partial charge in [-0.25, -0.2) is 4.79 Å². The minimum atomic E-state index is -1.12. The average molecular weight is 344 g/mol. The third-order valence-corrected chi connectivity index (χ3v) is 3.45. The molecule has 0 heterocycles. The van der Waals surface area contributed by atoms with Crippen LogP contribution in [0.3, 0.4) is 0 Å². The normalized spacial score (nSPS) is 13.2. The van der Waals surface area contributed by atoms with E-state index in [1.54, 1.807) is 0 Å². The van der Waals surface area contributed by atoms with E-state index in [1.165, 1.54) is 0 Å². The molecule has 0 aliphatic carbocycles. The molecule has 0 aliphatic rings. The van der Waals surface area contributed by atoms with E-state index < -0.39 is 35.7 Å². The van der Waals surface area contributed by atoms with Crippen LogP contribution in [-0.4, -0.2) is 46.6 Å². The molecule has 8 nitrogen and oxygen atoms in total. The van der Waals surface area contributed by atoms with E-state index in [0.717, 1.165) is 6.42 Å². The number of aliphatic carboxylic acids is 2. The second-order valence-electron chi connectivity index (χ2n) is 6.24. The topological polar surface area (TPSA) is 133 Å². The first-order chi connectivity index (χ1) is 11.2. The Morgan fingerprint density at radius 3 is 2.17 bits per heavy atom. The van der Waals surface area contributed by atoms with E-state index >= 15 is 0 Å². The summed E-state index contributed by atoms with van der Waals surface area (Å²) in [7, 11) is 0.